The highest BCUT2D eigenvalue weighted by molar-refractivity contribution is 5.32. The zero-order valence-corrected chi connectivity index (χ0v) is 11.5. The van der Waals surface area contributed by atoms with Crippen LogP contribution in [0.5, 0.6) is 0 Å². The number of rotatable bonds is 5. The molecule has 19 heavy (non-hydrogen) atoms. The van der Waals surface area contributed by atoms with E-state index >= 15 is 0 Å². The van der Waals surface area contributed by atoms with E-state index in [4.69, 9.17) is 4.74 Å². The third kappa shape index (κ3) is 3.91. The zero-order chi connectivity index (χ0) is 13.7. The molecule has 0 bridgehead atoms. The number of aryl methyl sites for hydroxylation is 2. The first kappa shape index (κ1) is 13.8. The maximum absolute atomic E-state index is 10.2. The third-order valence-corrected chi connectivity index (χ3v) is 3.18. The molecule has 2 heteroatoms. The molecule has 2 rings (SSSR count). The number of hydrogen-bond donors (Lipinski definition) is 1. The summed E-state index contributed by atoms with van der Waals surface area (Å²) in [6, 6.07) is 16.1. The maximum atomic E-state index is 10.2. The van der Waals surface area contributed by atoms with Gasteiger partial charge in [-0.3, -0.25) is 0 Å². The smallest absolute Gasteiger partial charge is 0.103 e. The summed E-state index contributed by atoms with van der Waals surface area (Å²) in [6.45, 7) is 4.89. The summed E-state index contributed by atoms with van der Waals surface area (Å²) >= 11 is 0. The highest BCUT2D eigenvalue weighted by Crippen LogP contribution is 2.19. The molecule has 1 N–H and O–H groups in total. The summed E-state index contributed by atoms with van der Waals surface area (Å²) in [6.07, 6.45) is -0.566. The molecule has 1 atom stereocenters. The number of hydrogen-bond acceptors (Lipinski definition) is 2. The van der Waals surface area contributed by atoms with Crippen LogP contribution in [0.15, 0.2) is 48.5 Å². The van der Waals surface area contributed by atoms with E-state index in [2.05, 4.69) is 6.07 Å². The first-order chi connectivity index (χ1) is 9.16. The van der Waals surface area contributed by atoms with Crippen molar-refractivity contribution in [1.82, 2.24) is 0 Å². The highest BCUT2D eigenvalue weighted by Gasteiger charge is 2.10. The Hall–Kier alpha value is -1.64. The molecule has 0 aliphatic carbocycles. The molecule has 0 heterocycles. The largest absolute Gasteiger partial charge is 0.386 e. The molecule has 0 aromatic heterocycles. The normalized spacial score (nSPS) is 12.4. The second-order valence-electron chi connectivity index (χ2n) is 4.88. The van der Waals surface area contributed by atoms with E-state index in [1.165, 1.54) is 0 Å². The molecule has 0 amide bonds. The van der Waals surface area contributed by atoms with Gasteiger partial charge in [0, 0.05) is 0 Å². The van der Waals surface area contributed by atoms with Gasteiger partial charge in [0.2, 0.25) is 0 Å². The first-order valence-corrected chi connectivity index (χ1v) is 6.53. The minimum Gasteiger partial charge on any atom is -0.386 e. The van der Waals surface area contributed by atoms with E-state index in [1.54, 1.807) is 0 Å². The monoisotopic (exact) mass is 256 g/mol. The molecule has 0 aliphatic heterocycles. The van der Waals surface area contributed by atoms with Gasteiger partial charge in [-0.25, -0.2) is 0 Å². The minimum atomic E-state index is -0.566. The van der Waals surface area contributed by atoms with Crippen molar-refractivity contribution in [2.75, 3.05) is 6.61 Å². The molecular weight excluding hydrogens is 236 g/mol. The molecule has 0 radical (unpaired) electrons. The molecule has 2 nitrogen and oxygen atoms in total. The molecule has 0 saturated carbocycles. The van der Waals surface area contributed by atoms with Crippen LogP contribution in [0, 0.1) is 13.8 Å². The summed E-state index contributed by atoms with van der Waals surface area (Å²) in [7, 11) is 0. The fourth-order valence-electron chi connectivity index (χ4n) is 2.07. The first-order valence-electron chi connectivity index (χ1n) is 6.53. The Balaban J connectivity index is 1.91. The number of aliphatic hydroxyl groups excluding tert-OH is 1. The highest BCUT2D eigenvalue weighted by atomic mass is 16.5. The molecule has 0 fully saturated rings. The Morgan fingerprint density at radius 3 is 2.53 bits per heavy atom. The molecular formula is C17H20O2. The van der Waals surface area contributed by atoms with Gasteiger partial charge in [-0.15, -0.1) is 0 Å². The molecule has 0 spiro atoms. The molecule has 0 aliphatic rings. The zero-order valence-electron chi connectivity index (χ0n) is 11.5. The minimum absolute atomic E-state index is 0.319. The van der Waals surface area contributed by atoms with Gasteiger partial charge in [-0.1, -0.05) is 54.1 Å². The Morgan fingerprint density at radius 2 is 1.79 bits per heavy atom. The summed E-state index contributed by atoms with van der Waals surface area (Å²) in [5, 5.41) is 10.2. The summed E-state index contributed by atoms with van der Waals surface area (Å²) < 4.78 is 5.58. The number of ether oxygens (including phenoxy) is 1. The van der Waals surface area contributed by atoms with Crippen molar-refractivity contribution in [1.29, 1.82) is 0 Å². The predicted octanol–water partition coefficient (Wildman–Crippen LogP) is 3.55. The average Bonchev–Trinajstić information content (AvgIpc) is 2.42. The molecule has 100 valence electrons. The van der Waals surface area contributed by atoms with Crippen LogP contribution in [-0.2, 0) is 11.3 Å². The van der Waals surface area contributed by atoms with Crippen molar-refractivity contribution in [3.8, 4) is 0 Å². The van der Waals surface area contributed by atoms with Crippen molar-refractivity contribution in [3.63, 3.8) is 0 Å². The lowest BCUT2D eigenvalue weighted by atomic mass is 10.0. The van der Waals surface area contributed by atoms with Crippen LogP contribution in [0.1, 0.15) is 28.4 Å². The number of benzene rings is 2. The fraction of sp³-hybridized carbons (Fsp3) is 0.294. The molecule has 1 unspecified atom stereocenters. The second-order valence-corrected chi connectivity index (χ2v) is 4.88. The standard InChI is InChI=1S/C17H20O2/c1-13-8-9-14(2)16(10-13)17(18)12-19-11-15-6-4-3-5-7-15/h3-10,17-18H,11-12H2,1-2H3. The van der Waals surface area contributed by atoms with Crippen LogP contribution < -0.4 is 0 Å². The Bertz CT molecular complexity index is 520. The molecule has 2 aromatic carbocycles. The van der Waals surface area contributed by atoms with Crippen molar-refractivity contribution < 1.29 is 9.84 Å². The van der Waals surface area contributed by atoms with Gasteiger partial charge in [0.25, 0.3) is 0 Å². The van der Waals surface area contributed by atoms with Gasteiger partial charge >= 0.3 is 0 Å². The predicted molar refractivity (Wildman–Crippen MR) is 77.0 cm³/mol. The lowest BCUT2D eigenvalue weighted by Crippen LogP contribution is -2.09. The lowest BCUT2D eigenvalue weighted by molar-refractivity contribution is 0.0274. The van der Waals surface area contributed by atoms with Crippen molar-refractivity contribution >= 4 is 0 Å². The average molecular weight is 256 g/mol. The summed E-state index contributed by atoms with van der Waals surface area (Å²) in [4.78, 5) is 0. The Kier molecular flexibility index (Phi) is 4.72. The summed E-state index contributed by atoms with van der Waals surface area (Å²) in [5.41, 5.74) is 4.33. The number of aliphatic hydroxyl groups is 1. The Labute approximate surface area is 114 Å². The Morgan fingerprint density at radius 1 is 1.05 bits per heavy atom. The SMILES string of the molecule is Cc1ccc(C)c(C(O)COCc2ccccc2)c1. The van der Waals surface area contributed by atoms with Crippen LogP contribution in [0.25, 0.3) is 0 Å². The van der Waals surface area contributed by atoms with E-state index in [-0.39, 0.29) is 0 Å². The van der Waals surface area contributed by atoms with Crippen molar-refractivity contribution in [3.05, 3.63) is 70.8 Å². The van der Waals surface area contributed by atoms with Crippen LogP contribution in [0.4, 0.5) is 0 Å². The fourth-order valence-corrected chi connectivity index (χ4v) is 2.07. The van der Waals surface area contributed by atoms with Crippen molar-refractivity contribution in [2.24, 2.45) is 0 Å². The topological polar surface area (TPSA) is 29.5 Å². The van der Waals surface area contributed by atoms with E-state index in [0.29, 0.717) is 13.2 Å². The third-order valence-electron chi connectivity index (χ3n) is 3.18. The molecule has 2 aromatic rings. The van der Waals surface area contributed by atoms with E-state index in [0.717, 1.165) is 22.3 Å². The van der Waals surface area contributed by atoms with Crippen molar-refractivity contribution in [2.45, 2.75) is 26.6 Å². The van der Waals surface area contributed by atoms with Gasteiger partial charge in [-0.05, 0) is 30.5 Å². The quantitative estimate of drug-likeness (QED) is 0.886. The van der Waals surface area contributed by atoms with Gasteiger partial charge in [0.15, 0.2) is 0 Å². The molecule has 0 saturated heterocycles. The lowest BCUT2D eigenvalue weighted by Gasteiger charge is -2.15. The van der Waals surface area contributed by atoms with Crippen LogP contribution in [-0.4, -0.2) is 11.7 Å². The summed E-state index contributed by atoms with van der Waals surface area (Å²) in [5.74, 6) is 0. The van der Waals surface area contributed by atoms with Crippen LogP contribution in [0.2, 0.25) is 0 Å². The van der Waals surface area contributed by atoms with Gasteiger partial charge < -0.3 is 9.84 Å². The second kappa shape index (κ2) is 6.50. The van der Waals surface area contributed by atoms with Crippen LogP contribution in [0.3, 0.4) is 0 Å². The van der Waals surface area contributed by atoms with Gasteiger partial charge in [0.05, 0.1) is 13.2 Å². The van der Waals surface area contributed by atoms with Gasteiger partial charge in [0.1, 0.15) is 6.10 Å². The van der Waals surface area contributed by atoms with E-state index in [9.17, 15) is 5.11 Å². The van der Waals surface area contributed by atoms with Crippen LogP contribution >= 0.6 is 0 Å². The van der Waals surface area contributed by atoms with E-state index in [1.807, 2.05) is 56.3 Å². The van der Waals surface area contributed by atoms with Gasteiger partial charge in [-0.2, -0.15) is 0 Å². The van der Waals surface area contributed by atoms with E-state index < -0.39 is 6.10 Å². The maximum Gasteiger partial charge on any atom is 0.103 e.